The summed E-state index contributed by atoms with van der Waals surface area (Å²) in [7, 11) is 0. The number of hydrogen-bond acceptors (Lipinski definition) is 1. The van der Waals surface area contributed by atoms with Crippen LogP contribution in [0.3, 0.4) is 0 Å². The van der Waals surface area contributed by atoms with E-state index in [0.717, 1.165) is 0 Å². The van der Waals surface area contributed by atoms with Gasteiger partial charge in [-0.25, -0.2) is 0 Å². The van der Waals surface area contributed by atoms with Crippen LogP contribution < -0.4 is 0 Å². The van der Waals surface area contributed by atoms with E-state index in [-0.39, 0.29) is 3.86 Å². The molecule has 2 heteroatoms. The van der Waals surface area contributed by atoms with Gasteiger partial charge in [-0.3, -0.25) is 0 Å². The average Bonchev–Trinajstić information content (AvgIpc) is 1.86. The topological polar surface area (TPSA) is 20.2 Å². The van der Waals surface area contributed by atoms with Crippen LogP contribution in [-0.4, -0.2) is 31.9 Å². The summed E-state index contributed by atoms with van der Waals surface area (Å²) in [6.07, 6.45) is 4.01. The Hall–Kier alpha value is 0.570. The molecule has 1 unspecified atom stereocenters. The quantitative estimate of drug-likeness (QED) is 0.526. The van der Waals surface area contributed by atoms with Crippen molar-refractivity contribution >= 4 is 22.9 Å². The molecule has 0 saturated carbocycles. The van der Waals surface area contributed by atoms with Crippen molar-refractivity contribution in [1.29, 1.82) is 0 Å². The molecular weight excluding hydrogens is 179 g/mol. The molecule has 6 heavy (non-hydrogen) atoms. The summed E-state index contributed by atoms with van der Waals surface area (Å²) in [4.78, 5) is 0. The number of allylic oxidation sites excluding steroid dienone is 1. The van der Waals surface area contributed by atoms with Crippen LogP contribution in [0, 0.1) is 0 Å². The van der Waals surface area contributed by atoms with E-state index >= 15 is 0 Å². The van der Waals surface area contributed by atoms with Gasteiger partial charge < -0.3 is 0 Å². The summed E-state index contributed by atoms with van der Waals surface area (Å²) in [6.45, 7) is 0. The molecule has 31 valence electrons. The maximum atomic E-state index is 8.73. The van der Waals surface area contributed by atoms with Gasteiger partial charge in [0.2, 0.25) is 0 Å². The SMILES string of the molecule is O[CH]1C=C[CH2][In]1. The van der Waals surface area contributed by atoms with Crippen molar-refractivity contribution in [1.82, 2.24) is 0 Å². The molecule has 1 rings (SSSR count). The molecule has 0 aromatic carbocycles. The van der Waals surface area contributed by atoms with Gasteiger partial charge >= 0.3 is 48.2 Å². The third kappa shape index (κ3) is 1.02. The Balaban J connectivity index is 2.38. The molecule has 1 heterocycles. The van der Waals surface area contributed by atoms with E-state index < -0.39 is 22.9 Å². The van der Waals surface area contributed by atoms with Crippen LogP contribution in [0.15, 0.2) is 12.2 Å². The van der Waals surface area contributed by atoms with E-state index in [1.54, 1.807) is 0 Å². The first-order valence-corrected chi connectivity index (χ1v) is 6.31. The van der Waals surface area contributed by atoms with E-state index in [1.807, 2.05) is 6.08 Å². The van der Waals surface area contributed by atoms with E-state index in [9.17, 15) is 0 Å². The van der Waals surface area contributed by atoms with Crippen LogP contribution in [0.2, 0.25) is 4.18 Å². The van der Waals surface area contributed by atoms with Crippen LogP contribution in [0.1, 0.15) is 0 Å². The van der Waals surface area contributed by atoms with Crippen molar-refractivity contribution in [2.45, 2.75) is 8.04 Å². The summed E-state index contributed by atoms with van der Waals surface area (Å²) >= 11 is -0.463. The van der Waals surface area contributed by atoms with Gasteiger partial charge in [-0.1, -0.05) is 0 Å². The van der Waals surface area contributed by atoms with Crippen LogP contribution in [-0.2, 0) is 0 Å². The van der Waals surface area contributed by atoms with Gasteiger partial charge in [0.25, 0.3) is 0 Å². The van der Waals surface area contributed by atoms with Crippen LogP contribution >= 0.6 is 0 Å². The van der Waals surface area contributed by atoms with Crippen LogP contribution in [0.25, 0.3) is 0 Å². The fourth-order valence-electron chi connectivity index (χ4n) is 0.515. The third-order valence-electron chi connectivity index (χ3n) is 0.847. The second-order valence-corrected chi connectivity index (χ2v) is 6.03. The molecule has 1 aliphatic heterocycles. The second kappa shape index (κ2) is 2.03. The Morgan fingerprint density at radius 1 is 1.83 bits per heavy atom. The Bertz CT molecular complexity index is 69.9. The van der Waals surface area contributed by atoms with Crippen molar-refractivity contribution in [2.75, 3.05) is 0 Å². The summed E-state index contributed by atoms with van der Waals surface area (Å²) in [6, 6.07) is 0. The van der Waals surface area contributed by atoms with Crippen LogP contribution in [0.5, 0.6) is 0 Å². The molecule has 1 aliphatic rings. The number of rotatable bonds is 0. The zero-order chi connectivity index (χ0) is 4.41. The molecule has 1 N–H and O–H groups in total. The van der Waals surface area contributed by atoms with Gasteiger partial charge in [0.15, 0.2) is 0 Å². The Kier molecular flexibility index (Phi) is 1.60. The molecule has 0 fully saturated rings. The predicted molar refractivity (Wildman–Crippen MR) is 25.7 cm³/mol. The van der Waals surface area contributed by atoms with Crippen molar-refractivity contribution in [3.8, 4) is 0 Å². The number of hydrogen-bond donors (Lipinski definition) is 1. The molecule has 0 saturated heterocycles. The average molecular weight is 185 g/mol. The van der Waals surface area contributed by atoms with Gasteiger partial charge in [-0.2, -0.15) is 0 Å². The van der Waals surface area contributed by atoms with Crippen molar-refractivity contribution in [3.63, 3.8) is 0 Å². The molecule has 1 radical (unpaired) electrons. The Labute approximate surface area is 48.4 Å². The minimum atomic E-state index is -0.463. The Morgan fingerprint density at radius 2 is 2.67 bits per heavy atom. The summed E-state index contributed by atoms with van der Waals surface area (Å²) in [5.41, 5.74) is 0. The van der Waals surface area contributed by atoms with Crippen LogP contribution in [0.4, 0.5) is 0 Å². The first kappa shape index (κ1) is 4.72. The monoisotopic (exact) mass is 185 g/mol. The zero-order valence-electron chi connectivity index (χ0n) is 3.46. The molecular formula is C4H6InO. The van der Waals surface area contributed by atoms with E-state index in [2.05, 4.69) is 6.08 Å². The second-order valence-electron chi connectivity index (χ2n) is 1.39. The standard InChI is InChI=1S/C4H6O.In/c1-2-3-4-5;/h2-5H,1H2;. The van der Waals surface area contributed by atoms with Gasteiger partial charge in [0.1, 0.15) is 0 Å². The maximum absolute atomic E-state index is 8.73. The third-order valence-corrected chi connectivity index (χ3v) is 4.41. The molecule has 0 amide bonds. The molecule has 0 aromatic rings. The van der Waals surface area contributed by atoms with Crippen molar-refractivity contribution < 1.29 is 5.11 Å². The number of aliphatic hydroxyl groups excluding tert-OH is 1. The molecule has 0 aromatic heterocycles. The van der Waals surface area contributed by atoms with Crippen molar-refractivity contribution in [2.24, 2.45) is 0 Å². The fraction of sp³-hybridized carbons (Fsp3) is 0.500. The van der Waals surface area contributed by atoms with Gasteiger partial charge in [-0.15, -0.1) is 0 Å². The fourth-order valence-corrected chi connectivity index (χ4v) is 3.10. The Morgan fingerprint density at radius 3 is 2.83 bits per heavy atom. The first-order valence-electron chi connectivity index (χ1n) is 2.07. The van der Waals surface area contributed by atoms with Gasteiger partial charge in [0.05, 0.1) is 0 Å². The predicted octanol–water partition coefficient (Wildman–Crippen LogP) is -0.00290. The molecule has 1 nitrogen and oxygen atoms in total. The molecule has 1 atom stereocenters. The summed E-state index contributed by atoms with van der Waals surface area (Å²) in [5, 5.41) is 8.73. The molecule has 0 spiro atoms. The first-order chi connectivity index (χ1) is 2.89. The number of aliphatic hydroxyl groups is 1. The molecule has 0 aliphatic carbocycles. The zero-order valence-corrected chi connectivity index (χ0v) is 6.76. The van der Waals surface area contributed by atoms with Crippen molar-refractivity contribution in [3.05, 3.63) is 12.2 Å². The normalized spacial score (nSPS) is 30.5. The van der Waals surface area contributed by atoms with Gasteiger partial charge in [-0.05, 0) is 0 Å². The van der Waals surface area contributed by atoms with E-state index in [0.29, 0.717) is 0 Å². The van der Waals surface area contributed by atoms with E-state index in [4.69, 9.17) is 5.11 Å². The summed E-state index contributed by atoms with van der Waals surface area (Å²) in [5.74, 6) is 0. The van der Waals surface area contributed by atoms with E-state index in [1.165, 1.54) is 4.18 Å². The summed E-state index contributed by atoms with van der Waals surface area (Å²) < 4.78 is 1.30. The molecule has 0 bridgehead atoms. The van der Waals surface area contributed by atoms with Gasteiger partial charge in [0, 0.05) is 0 Å². The minimum absolute atomic E-state index is 0.0557.